The summed E-state index contributed by atoms with van der Waals surface area (Å²) < 4.78 is 4.89. The van der Waals surface area contributed by atoms with Gasteiger partial charge in [-0.3, -0.25) is 4.79 Å². The maximum Gasteiger partial charge on any atom is 0.342 e. The second-order valence-electron chi connectivity index (χ2n) is 5.85. The zero-order valence-corrected chi connectivity index (χ0v) is 14.6. The van der Waals surface area contributed by atoms with E-state index in [1.807, 2.05) is 0 Å². The molecule has 0 atom stereocenters. The third kappa shape index (κ3) is 3.63. The van der Waals surface area contributed by atoms with Gasteiger partial charge in [0.1, 0.15) is 28.1 Å². The number of rotatable bonds is 4. The number of esters is 1. The number of nitrogens with one attached hydrogen (secondary N) is 1. The summed E-state index contributed by atoms with van der Waals surface area (Å²) in [6, 6.07) is 5.58. The lowest BCUT2D eigenvalue weighted by Gasteiger charge is -2.09. The molecule has 0 fully saturated rings. The number of ether oxygens (including phenoxy) is 1. The predicted molar refractivity (Wildman–Crippen MR) is 94.4 cm³/mol. The molecule has 3 rings (SSSR count). The largest absolute Gasteiger partial charge is 0.508 e. The van der Waals surface area contributed by atoms with Gasteiger partial charge in [-0.2, -0.15) is 5.26 Å². The van der Waals surface area contributed by atoms with Crippen LogP contribution in [0.15, 0.2) is 18.2 Å². The second-order valence-corrected chi connectivity index (χ2v) is 6.96. The van der Waals surface area contributed by atoms with Gasteiger partial charge in [0.25, 0.3) is 5.91 Å². The van der Waals surface area contributed by atoms with Gasteiger partial charge in [0.15, 0.2) is 6.61 Å². The monoisotopic (exact) mass is 372 g/mol. The summed E-state index contributed by atoms with van der Waals surface area (Å²) in [4.78, 5) is 25.1. The number of thiophene rings is 1. The van der Waals surface area contributed by atoms with Crippen LogP contribution in [0, 0.1) is 11.3 Å². The first-order chi connectivity index (χ1) is 12.5. The summed E-state index contributed by atoms with van der Waals surface area (Å²) in [7, 11) is 0. The lowest BCUT2D eigenvalue weighted by molar-refractivity contribution is -0.119. The van der Waals surface area contributed by atoms with Gasteiger partial charge >= 0.3 is 5.97 Å². The third-order valence-corrected chi connectivity index (χ3v) is 5.28. The summed E-state index contributed by atoms with van der Waals surface area (Å²) in [5, 5.41) is 31.3. The maximum atomic E-state index is 12.1. The van der Waals surface area contributed by atoms with Crippen LogP contribution in [0.5, 0.6) is 11.5 Å². The molecule has 1 amide bonds. The average molecular weight is 372 g/mol. The van der Waals surface area contributed by atoms with Crippen molar-refractivity contribution < 1.29 is 24.5 Å². The minimum atomic E-state index is -0.886. The van der Waals surface area contributed by atoms with Gasteiger partial charge in [-0.05, 0) is 43.4 Å². The first-order valence-electron chi connectivity index (χ1n) is 8.03. The molecule has 0 saturated heterocycles. The van der Waals surface area contributed by atoms with Crippen molar-refractivity contribution in [1.29, 1.82) is 5.26 Å². The van der Waals surface area contributed by atoms with Crippen LogP contribution >= 0.6 is 11.3 Å². The van der Waals surface area contributed by atoms with Crippen LogP contribution in [-0.4, -0.2) is 28.7 Å². The molecule has 1 heterocycles. The quantitative estimate of drug-likeness (QED) is 0.710. The SMILES string of the molecule is N#Cc1c(NC(=O)COC(=O)c2ccc(O)cc2O)sc2c1CCCC2. The minimum Gasteiger partial charge on any atom is -0.508 e. The van der Waals surface area contributed by atoms with E-state index >= 15 is 0 Å². The number of hydrogen-bond donors (Lipinski definition) is 3. The van der Waals surface area contributed by atoms with Crippen molar-refractivity contribution in [3.8, 4) is 17.6 Å². The highest BCUT2D eigenvalue weighted by Gasteiger charge is 2.22. The van der Waals surface area contributed by atoms with E-state index in [1.165, 1.54) is 23.5 Å². The number of phenolic OH excluding ortho intramolecular Hbond substituents is 2. The molecule has 1 aliphatic rings. The fraction of sp³-hybridized carbons (Fsp3) is 0.278. The van der Waals surface area contributed by atoms with E-state index < -0.39 is 24.2 Å². The van der Waals surface area contributed by atoms with Crippen LogP contribution in [-0.2, 0) is 22.4 Å². The number of carbonyl (C=O) groups excluding carboxylic acids is 2. The van der Waals surface area contributed by atoms with Gasteiger partial charge in [-0.15, -0.1) is 11.3 Å². The number of anilines is 1. The topological polar surface area (TPSA) is 120 Å². The molecule has 3 N–H and O–H groups in total. The van der Waals surface area contributed by atoms with Gasteiger partial charge in [-0.25, -0.2) is 4.79 Å². The van der Waals surface area contributed by atoms with E-state index in [0.717, 1.165) is 42.2 Å². The first kappa shape index (κ1) is 17.8. The van der Waals surface area contributed by atoms with Crippen molar-refractivity contribution in [1.82, 2.24) is 0 Å². The van der Waals surface area contributed by atoms with Gasteiger partial charge < -0.3 is 20.3 Å². The fourth-order valence-corrected chi connectivity index (χ4v) is 4.09. The smallest absolute Gasteiger partial charge is 0.342 e. The number of carbonyl (C=O) groups is 2. The van der Waals surface area contributed by atoms with Crippen LogP contribution < -0.4 is 5.32 Å². The third-order valence-electron chi connectivity index (χ3n) is 4.07. The van der Waals surface area contributed by atoms with Crippen molar-refractivity contribution in [2.24, 2.45) is 0 Å². The van der Waals surface area contributed by atoms with Crippen molar-refractivity contribution in [3.63, 3.8) is 0 Å². The molecule has 1 aliphatic carbocycles. The molecule has 0 bridgehead atoms. The van der Waals surface area contributed by atoms with Gasteiger partial charge in [0.2, 0.25) is 0 Å². The molecule has 0 spiro atoms. The number of aryl methyl sites for hydroxylation is 1. The van der Waals surface area contributed by atoms with Crippen molar-refractivity contribution in [2.75, 3.05) is 11.9 Å². The maximum absolute atomic E-state index is 12.1. The van der Waals surface area contributed by atoms with Crippen LogP contribution in [0.1, 0.15) is 39.2 Å². The number of nitriles is 1. The Kier molecular flexibility index (Phi) is 5.09. The summed E-state index contributed by atoms with van der Waals surface area (Å²) >= 11 is 1.39. The standard InChI is InChI=1S/C18H16N2O5S/c19-8-13-11-3-1-2-4-15(11)26-17(13)20-16(23)9-25-18(24)12-6-5-10(21)7-14(12)22/h5-7,21-22H,1-4,9H2,(H,20,23). The van der Waals surface area contributed by atoms with Crippen LogP contribution in [0.4, 0.5) is 5.00 Å². The molecule has 134 valence electrons. The van der Waals surface area contributed by atoms with E-state index in [4.69, 9.17) is 4.74 Å². The first-order valence-corrected chi connectivity index (χ1v) is 8.85. The number of phenols is 2. The Hall–Kier alpha value is -3.05. The summed E-state index contributed by atoms with van der Waals surface area (Å²) in [5.41, 5.74) is 1.34. The number of benzene rings is 1. The molecule has 0 unspecified atom stereocenters. The van der Waals surface area contributed by atoms with Crippen molar-refractivity contribution in [2.45, 2.75) is 25.7 Å². The summed E-state index contributed by atoms with van der Waals surface area (Å²) in [5.74, 6) is -2.08. The Labute approximate surface area is 153 Å². The molecule has 2 aromatic rings. The Morgan fingerprint density at radius 3 is 2.77 bits per heavy atom. The molecule has 0 saturated carbocycles. The Balaban J connectivity index is 1.64. The predicted octanol–water partition coefficient (Wildman–Crippen LogP) is 2.71. The van der Waals surface area contributed by atoms with E-state index in [-0.39, 0.29) is 11.3 Å². The van der Waals surface area contributed by atoms with Gasteiger partial charge in [0, 0.05) is 10.9 Å². The Bertz CT molecular complexity index is 913. The van der Waals surface area contributed by atoms with Crippen LogP contribution in [0.2, 0.25) is 0 Å². The van der Waals surface area contributed by atoms with E-state index in [9.17, 15) is 25.1 Å². The molecular formula is C18H16N2O5S. The molecule has 0 radical (unpaired) electrons. The number of aromatic hydroxyl groups is 2. The van der Waals surface area contributed by atoms with Crippen LogP contribution in [0.3, 0.4) is 0 Å². The molecule has 1 aromatic carbocycles. The zero-order valence-electron chi connectivity index (χ0n) is 13.7. The van der Waals surface area contributed by atoms with Crippen LogP contribution in [0.25, 0.3) is 0 Å². The highest BCUT2D eigenvalue weighted by atomic mass is 32.1. The van der Waals surface area contributed by atoms with E-state index in [0.29, 0.717) is 10.6 Å². The lowest BCUT2D eigenvalue weighted by atomic mass is 9.96. The second kappa shape index (κ2) is 7.45. The Morgan fingerprint density at radius 1 is 1.27 bits per heavy atom. The van der Waals surface area contributed by atoms with E-state index in [1.54, 1.807) is 0 Å². The highest BCUT2D eigenvalue weighted by Crippen LogP contribution is 2.37. The lowest BCUT2D eigenvalue weighted by Crippen LogP contribution is -2.21. The molecule has 0 aliphatic heterocycles. The molecule has 26 heavy (non-hydrogen) atoms. The number of amides is 1. The van der Waals surface area contributed by atoms with Crippen molar-refractivity contribution in [3.05, 3.63) is 39.8 Å². The van der Waals surface area contributed by atoms with E-state index in [2.05, 4.69) is 11.4 Å². The Morgan fingerprint density at radius 2 is 2.04 bits per heavy atom. The molecule has 8 heteroatoms. The fourth-order valence-electron chi connectivity index (χ4n) is 2.84. The highest BCUT2D eigenvalue weighted by molar-refractivity contribution is 7.16. The average Bonchev–Trinajstić information content (AvgIpc) is 2.96. The summed E-state index contributed by atoms with van der Waals surface area (Å²) in [6.07, 6.45) is 3.83. The number of hydrogen-bond acceptors (Lipinski definition) is 7. The normalized spacial score (nSPS) is 12.7. The molecule has 7 nitrogen and oxygen atoms in total. The van der Waals surface area contributed by atoms with Gasteiger partial charge in [0.05, 0.1) is 5.56 Å². The minimum absolute atomic E-state index is 0.153. The summed E-state index contributed by atoms with van der Waals surface area (Å²) in [6.45, 7) is -0.549. The number of fused-ring (bicyclic) bond motifs is 1. The molecular weight excluding hydrogens is 356 g/mol. The van der Waals surface area contributed by atoms with Gasteiger partial charge in [-0.1, -0.05) is 0 Å². The molecule has 1 aromatic heterocycles. The zero-order chi connectivity index (χ0) is 18.7. The van der Waals surface area contributed by atoms with Crippen molar-refractivity contribution >= 4 is 28.2 Å². The number of nitrogens with zero attached hydrogens (tertiary/aromatic N) is 1.